The molecular weight excluding hydrogens is 310 g/mol. The third-order valence-corrected chi connectivity index (χ3v) is 4.75. The first-order chi connectivity index (χ1) is 12.3. The van der Waals surface area contributed by atoms with Crippen LogP contribution in [0.1, 0.15) is 18.5 Å². The molecule has 4 rings (SSSR count). The molecule has 1 aliphatic rings. The molecule has 3 heterocycles. The predicted octanol–water partition coefficient (Wildman–Crippen LogP) is 3.50. The van der Waals surface area contributed by atoms with E-state index in [-0.39, 0.29) is 5.78 Å². The fourth-order valence-corrected chi connectivity index (χ4v) is 3.44. The summed E-state index contributed by atoms with van der Waals surface area (Å²) in [6.07, 6.45) is 8.32. The van der Waals surface area contributed by atoms with Gasteiger partial charge >= 0.3 is 0 Å². The van der Waals surface area contributed by atoms with Gasteiger partial charge in [-0.15, -0.1) is 0 Å². The van der Waals surface area contributed by atoms with E-state index in [0.717, 1.165) is 40.7 Å². The molecule has 0 saturated carbocycles. The molecule has 4 heteroatoms. The molecule has 126 valence electrons. The highest BCUT2D eigenvalue weighted by atomic mass is 16.1. The first-order valence-electron chi connectivity index (χ1n) is 8.81. The highest BCUT2D eigenvalue weighted by Gasteiger charge is 2.15. The normalized spacial score (nSPS) is 14.9. The van der Waals surface area contributed by atoms with Crippen LogP contribution in [-0.4, -0.2) is 40.3 Å². The van der Waals surface area contributed by atoms with Crippen molar-refractivity contribution in [1.82, 2.24) is 14.9 Å². The topological polar surface area (TPSA) is 46.1 Å². The summed E-state index contributed by atoms with van der Waals surface area (Å²) >= 11 is 0. The molecular formula is C21H21N3O. The highest BCUT2D eigenvalue weighted by molar-refractivity contribution is 5.88. The van der Waals surface area contributed by atoms with Gasteiger partial charge in [-0.05, 0) is 55.1 Å². The Morgan fingerprint density at radius 2 is 1.88 bits per heavy atom. The zero-order valence-corrected chi connectivity index (χ0v) is 14.2. The Morgan fingerprint density at radius 1 is 1.00 bits per heavy atom. The van der Waals surface area contributed by atoms with Crippen LogP contribution < -0.4 is 0 Å². The van der Waals surface area contributed by atoms with Crippen molar-refractivity contribution in [2.75, 3.05) is 19.6 Å². The van der Waals surface area contributed by atoms with Crippen LogP contribution in [0.5, 0.6) is 0 Å². The summed E-state index contributed by atoms with van der Waals surface area (Å²) < 4.78 is 0. The molecule has 1 fully saturated rings. The first-order valence-corrected chi connectivity index (χ1v) is 8.81. The average Bonchev–Trinajstić information content (AvgIpc) is 3.14. The number of ketones is 1. The van der Waals surface area contributed by atoms with Gasteiger partial charge in [-0.1, -0.05) is 18.2 Å². The summed E-state index contributed by atoms with van der Waals surface area (Å²) in [5.41, 5.74) is 3.06. The van der Waals surface area contributed by atoms with Gasteiger partial charge in [0.05, 0.1) is 13.0 Å². The summed E-state index contributed by atoms with van der Waals surface area (Å²) in [5.74, 6) is 0.247. The van der Waals surface area contributed by atoms with Crippen molar-refractivity contribution < 1.29 is 4.79 Å². The summed E-state index contributed by atoms with van der Waals surface area (Å²) in [4.78, 5) is 23.2. The number of Topliss-reactive ketones (excluding diaryl/α,β-unsaturated/α-hetero) is 1. The summed E-state index contributed by atoms with van der Waals surface area (Å²) in [5, 5.41) is 2.20. The van der Waals surface area contributed by atoms with Crippen molar-refractivity contribution in [3.05, 3.63) is 60.7 Å². The largest absolute Gasteiger partial charge is 0.298 e. The van der Waals surface area contributed by atoms with Crippen LogP contribution in [0.2, 0.25) is 0 Å². The van der Waals surface area contributed by atoms with Gasteiger partial charge in [0.1, 0.15) is 0 Å². The minimum absolute atomic E-state index is 0.247. The van der Waals surface area contributed by atoms with Gasteiger partial charge < -0.3 is 0 Å². The fourth-order valence-electron chi connectivity index (χ4n) is 3.44. The number of fused-ring (bicyclic) bond motifs is 1. The van der Waals surface area contributed by atoms with Gasteiger partial charge in [0, 0.05) is 35.2 Å². The minimum Gasteiger partial charge on any atom is -0.298 e. The molecule has 1 saturated heterocycles. The maximum Gasteiger partial charge on any atom is 0.152 e. The van der Waals surface area contributed by atoms with Crippen LogP contribution in [0.15, 0.2) is 55.0 Å². The van der Waals surface area contributed by atoms with E-state index in [9.17, 15) is 4.79 Å². The van der Waals surface area contributed by atoms with Crippen molar-refractivity contribution in [3.8, 4) is 11.1 Å². The molecule has 0 bridgehead atoms. The number of pyridine rings is 2. The second kappa shape index (κ2) is 7.11. The maximum atomic E-state index is 12.3. The van der Waals surface area contributed by atoms with Crippen molar-refractivity contribution >= 4 is 16.6 Å². The zero-order valence-electron chi connectivity index (χ0n) is 14.2. The lowest BCUT2D eigenvalue weighted by Crippen LogP contribution is -2.27. The third kappa shape index (κ3) is 3.74. The SMILES string of the molecule is O=C(Cc1cc2cc(-c3cccnc3)ccc2cn1)CN1CCCC1. The number of benzene rings is 1. The molecule has 0 radical (unpaired) electrons. The monoisotopic (exact) mass is 331 g/mol. The van der Waals surface area contributed by atoms with Gasteiger partial charge in [0.15, 0.2) is 5.78 Å². The van der Waals surface area contributed by atoms with Crippen molar-refractivity contribution in [1.29, 1.82) is 0 Å². The van der Waals surface area contributed by atoms with Crippen molar-refractivity contribution in [2.45, 2.75) is 19.3 Å². The van der Waals surface area contributed by atoms with Crippen LogP contribution in [0.4, 0.5) is 0 Å². The maximum absolute atomic E-state index is 12.3. The van der Waals surface area contributed by atoms with Gasteiger partial charge in [-0.2, -0.15) is 0 Å². The molecule has 4 nitrogen and oxygen atoms in total. The van der Waals surface area contributed by atoms with E-state index in [1.165, 1.54) is 12.8 Å². The lowest BCUT2D eigenvalue weighted by molar-refractivity contribution is -0.119. The van der Waals surface area contributed by atoms with E-state index in [4.69, 9.17) is 0 Å². The molecule has 2 aromatic heterocycles. The summed E-state index contributed by atoms with van der Waals surface area (Å²) in [6, 6.07) is 12.3. The molecule has 25 heavy (non-hydrogen) atoms. The fraction of sp³-hybridized carbons (Fsp3) is 0.286. The molecule has 0 atom stereocenters. The van der Waals surface area contributed by atoms with E-state index in [1.54, 1.807) is 6.20 Å². The average molecular weight is 331 g/mol. The lowest BCUT2D eigenvalue weighted by Gasteiger charge is -2.13. The number of hydrogen-bond donors (Lipinski definition) is 0. The Balaban J connectivity index is 1.55. The number of carbonyl (C=O) groups excluding carboxylic acids is 1. The van der Waals surface area contributed by atoms with Crippen LogP contribution >= 0.6 is 0 Å². The van der Waals surface area contributed by atoms with Crippen molar-refractivity contribution in [2.24, 2.45) is 0 Å². The molecule has 0 amide bonds. The van der Waals surface area contributed by atoms with E-state index in [1.807, 2.05) is 24.5 Å². The molecule has 1 aromatic carbocycles. The van der Waals surface area contributed by atoms with E-state index >= 15 is 0 Å². The Bertz CT molecular complexity index is 886. The molecule has 0 unspecified atom stereocenters. The van der Waals surface area contributed by atoms with Crippen LogP contribution in [0.3, 0.4) is 0 Å². The molecule has 0 spiro atoms. The predicted molar refractivity (Wildman–Crippen MR) is 99.4 cm³/mol. The Kier molecular flexibility index (Phi) is 4.53. The molecule has 3 aromatic rings. The van der Waals surface area contributed by atoms with Crippen molar-refractivity contribution in [3.63, 3.8) is 0 Å². The number of carbonyl (C=O) groups is 1. The van der Waals surface area contributed by atoms with Gasteiger partial charge in [0.25, 0.3) is 0 Å². The molecule has 0 N–H and O–H groups in total. The quantitative estimate of drug-likeness (QED) is 0.718. The number of nitrogens with zero attached hydrogens (tertiary/aromatic N) is 3. The molecule has 1 aliphatic heterocycles. The Hall–Kier alpha value is -2.59. The number of aromatic nitrogens is 2. The van der Waals surface area contributed by atoms with Gasteiger partial charge in [-0.25, -0.2) is 0 Å². The van der Waals surface area contributed by atoms with E-state index < -0.39 is 0 Å². The Labute approximate surface area is 147 Å². The standard InChI is InChI=1S/C21H21N3O/c25-21(15-24-8-1-2-9-24)12-20-11-19-10-16(5-6-18(19)14-23-20)17-4-3-7-22-13-17/h3-7,10-11,13-14H,1-2,8-9,12,15H2. The summed E-state index contributed by atoms with van der Waals surface area (Å²) in [7, 11) is 0. The van der Waals surface area contributed by atoms with Gasteiger partial charge in [-0.3, -0.25) is 19.7 Å². The number of hydrogen-bond acceptors (Lipinski definition) is 4. The van der Waals surface area contributed by atoms with E-state index in [2.05, 4.69) is 39.1 Å². The smallest absolute Gasteiger partial charge is 0.152 e. The molecule has 0 aliphatic carbocycles. The van der Waals surface area contributed by atoms with Gasteiger partial charge in [0.2, 0.25) is 0 Å². The number of likely N-dealkylation sites (tertiary alicyclic amines) is 1. The zero-order chi connectivity index (χ0) is 17.1. The lowest BCUT2D eigenvalue weighted by atomic mass is 10.0. The second-order valence-corrected chi connectivity index (χ2v) is 6.68. The summed E-state index contributed by atoms with van der Waals surface area (Å²) in [6.45, 7) is 2.65. The second-order valence-electron chi connectivity index (χ2n) is 6.68. The number of rotatable bonds is 5. The third-order valence-electron chi connectivity index (χ3n) is 4.75. The first kappa shape index (κ1) is 15.9. The van der Waals surface area contributed by atoms with Crippen LogP contribution in [0, 0.1) is 0 Å². The Morgan fingerprint density at radius 3 is 2.68 bits per heavy atom. The van der Waals surface area contributed by atoms with Crippen LogP contribution in [-0.2, 0) is 11.2 Å². The van der Waals surface area contributed by atoms with E-state index in [0.29, 0.717) is 13.0 Å². The highest BCUT2D eigenvalue weighted by Crippen LogP contribution is 2.24. The minimum atomic E-state index is 0.247. The van der Waals surface area contributed by atoms with Crippen LogP contribution in [0.25, 0.3) is 21.9 Å².